The molecule has 0 aliphatic heterocycles. The van der Waals surface area contributed by atoms with E-state index >= 15 is 0 Å². The van der Waals surface area contributed by atoms with Crippen molar-refractivity contribution in [2.45, 2.75) is 38.1 Å². The molecule has 0 radical (unpaired) electrons. The van der Waals surface area contributed by atoms with Crippen molar-refractivity contribution < 1.29 is 9.59 Å². The van der Waals surface area contributed by atoms with Gasteiger partial charge < -0.3 is 16.8 Å². The molecule has 0 bridgehead atoms. The number of amides is 2. The maximum atomic E-state index is 11.4. The molecule has 0 heterocycles. The highest BCUT2D eigenvalue weighted by atomic mass is 16.1. The lowest BCUT2D eigenvalue weighted by Crippen LogP contribution is -2.25. The normalized spacial score (nSPS) is 16.0. The second-order valence-corrected chi connectivity index (χ2v) is 4.97. The van der Waals surface area contributed by atoms with E-state index in [0.717, 1.165) is 12.8 Å². The van der Waals surface area contributed by atoms with Gasteiger partial charge in [0.05, 0.1) is 5.56 Å². The van der Waals surface area contributed by atoms with Gasteiger partial charge in [-0.15, -0.1) is 0 Å². The third-order valence-electron chi connectivity index (χ3n) is 3.53. The fourth-order valence-electron chi connectivity index (χ4n) is 2.50. The number of hydrogen-bond acceptors (Lipinski definition) is 3. The lowest BCUT2D eigenvalue weighted by atomic mass is 9.95. The Morgan fingerprint density at radius 1 is 1.05 bits per heavy atom. The van der Waals surface area contributed by atoms with Crippen LogP contribution in [-0.2, 0) is 0 Å². The number of hydrogen-bond donors (Lipinski definition) is 3. The number of anilines is 1. The monoisotopic (exact) mass is 261 g/mol. The maximum absolute atomic E-state index is 11.4. The molecule has 1 aromatic rings. The summed E-state index contributed by atoms with van der Waals surface area (Å²) >= 11 is 0. The van der Waals surface area contributed by atoms with Crippen LogP contribution >= 0.6 is 0 Å². The summed E-state index contributed by atoms with van der Waals surface area (Å²) < 4.78 is 0. The first kappa shape index (κ1) is 13.4. The van der Waals surface area contributed by atoms with Crippen LogP contribution in [0.3, 0.4) is 0 Å². The summed E-state index contributed by atoms with van der Waals surface area (Å²) in [5.74, 6) is -1.02. The van der Waals surface area contributed by atoms with E-state index in [1.165, 1.54) is 25.3 Å². The van der Waals surface area contributed by atoms with Gasteiger partial charge in [-0.25, -0.2) is 0 Å². The molecule has 1 fully saturated rings. The summed E-state index contributed by atoms with van der Waals surface area (Å²) in [6.45, 7) is 0. The molecule has 0 atom stereocenters. The second-order valence-electron chi connectivity index (χ2n) is 4.97. The molecule has 102 valence electrons. The molecule has 0 saturated heterocycles. The van der Waals surface area contributed by atoms with E-state index in [4.69, 9.17) is 11.5 Å². The van der Waals surface area contributed by atoms with Crippen LogP contribution in [0.25, 0.3) is 0 Å². The Morgan fingerprint density at radius 3 is 2.32 bits per heavy atom. The Kier molecular flexibility index (Phi) is 4.04. The first-order chi connectivity index (χ1) is 9.08. The van der Waals surface area contributed by atoms with Crippen molar-refractivity contribution in [3.05, 3.63) is 29.3 Å². The first-order valence-corrected chi connectivity index (χ1v) is 6.58. The standard InChI is InChI=1S/C14H19N3O2/c15-13(18)9-6-7-11(14(16)19)12(8-9)17-10-4-2-1-3-5-10/h6-8,10,17H,1-5H2,(H2,15,18)(H2,16,19). The number of rotatable bonds is 4. The molecule has 19 heavy (non-hydrogen) atoms. The number of primary amides is 2. The van der Waals surface area contributed by atoms with Gasteiger partial charge in [-0.1, -0.05) is 19.3 Å². The lowest BCUT2D eigenvalue weighted by Gasteiger charge is -2.25. The molecular weight excluding hydrogens is 242 g/mol. The van der Waals surface area contributed by atoms with Gasteiger partial charge in [0.25, 0.3) is 5.91 Å². The molecule has 1 aliphatic rings. The summed E-state index contributed by atoms with van der Waals surface area (Å²) in [6, 6.07) is 5.01. The van der Waals surface area contributed by atoms with Crippen molar-refractivity contribution in [3.8, 4) is 0 Å². The van der Waals surface area contributed by atoms with Crippen molar-refractivity contribution in [1.82, 2.24) is 0 Å². The number of carbonyl (C=O) groups is 2. The third kappa shape index (κ3) is 3.24. The molecule has 5 N–H and O–H groups in total. The van der Waals surface area contributed by atoms with Gasteiger partial charge in [0.1, 0.15) is 0 Å². The highest BCUT2D eigenvalue weighted by Gasteiger charge is 2.17. The SMILES string of the molecule is NC(=O)c1ccc(C(N)=O)c(NC2CCCCC2)c1. The van der Waals surface area contributed by atoms with Gasteiger partial charge in [0.15, 0.2) is 0 Å². The van der Waals surface area contributed by atoms with Crippen LogP contribution in [0, 0.1) is 0 Å². The van der Waals surface area contributed by atoms with Crippen LogP contribution in [0.4, 0.5) is 5.69 Å². The summed E-state index contributed by atoms with van der Waals surface area (Å²) in [7, 11) is 0. The van der Waals surface area contributed by atoms with Crippen LogP contribution in [0.2, 0.25) is 0 Å². The molecule has 1 saturated carbocycles. The van der Waals surface area contributed by atoms with Gasteiger partial charge in [0.2, 0.25) is 5.91 Å². The minimum atomic E-state index is -0.511. The van der Waals surface area contributed by atoms with E-state index < -0.39 is 11.8 Å². The molecule has 1 aliphatic carbocycles. The molecule has 1 aromatic carbocycles. The minimum Gasteiger partial charge on any atom is -0.382 e. The summed E-state index contributed by atoms with van der Waals surface area (Å²) in [5, 5.41) is 3.32. The highest BCUT2D eigenvalue weighted by molar-refractivity contribution is 6.01. The lowest BCUT2D eigenvalue weighted by molar-refractivity contribution is 0.0989. The predicted octanol–water partition coefficient (Wildman–Crippen LogP) is 1.63. The maximum Gasteiger partial charge on any atom is 0.250 e. The highest BCUT2D eigenvalue weighted by Crippen LogP contribution is 2.24. The number of benzene rings is 1. The molecule has 0 spiro atoms. The number of carbonyl (C=O) groups excluding carboxylic acids is 2. The van der Waals surface area contributed by atoms with Crippen molar-refractivity contribution in [2.24, 2.45) is 11.5 Å². The van der Waals surface area contributed by atoms with E-state index in [1.807, 2.05) is 0 Å². The molecule has 0 unspecified atom stereocenters. The summed E-state index contributed by atoms with van der Waals surface area (Å²) in [5.41, 5.74) is 12.0. The molecule has 2 rings (SSSR count). The number of nitrogens with one attached hydrogen (secondary N) is 1. The Balaban J connectivity index is 2.26. The predicted molar refractivity (Wildman–Crippen MR) is 74.0 cm³/mol. The molecular formula is C14H19N3O2. The van der Waals surface area contributed by atoms with Crippen LogP contribution in [-0.4, -0.2) is 17.9 Å². The zero-order valence-corrected chi connectivity index (χ0v) is 10.8. The molecule has 2 amide bonds. The Labute approximate surface area is 112 Å². The van der Waals surface area contributed by atoms with Gasteiger partial charge in [-0.05, 0) is 31.0 Å². The van der Waals surface area contributed by atoms with Crippen molar-refractivity contribution in [2.75, 3.05) is 5.32 Å². The number of nitrogens with two attached hydrogens (primary N) is 2. The van der Waals surface area contributed by atoms with E-state index in [9.17, 15) is 9.59 Å². The van der Waals surface area contributed by atoms with Crippen molar-refractivity contribution >= 4 is 17.5 Å². The van der Waals surface area contributed by atoms with E-state index in [2.05, 4.69) is 5.32 Å². The van der Waals surface area contributed by atoms with E-state index in [1.54, 1.807) is 12.1 Å². The second kappa shape index (κ2) is 5.73. The zero-order valence-electron chi connectivity index (χ0n) is 10.8. The van der Waals surface area contributed by atoms with E-state index in [0.29, 0.717) is 22.9 Å². The average Bonchev–Trinajstić information content (AvgIpc) is 2.39. The minimum absolute atomic E-state index is 0.329. The molecule has 5 nitrogen and oxygen atoms in total. The first-order valence-electron chi connectivity index (χ1n) is 6.58. The third-order valence-corrected chi connectivity index (χ3v) is 3.53. The average molecular weight is 261 g/mol. The van der Waals surface area contributed by atoms with Gasteiger partial charge >= 0.3 is 0 Å². The fraction of sp³-hybridized carbons (Fsp3) is 0.429. The van der Waals surface area contributed by atoms with Gasteiger partial charge in [-0.3, -0.25) is 9.59 Å². The Hall–Kier alpha value is -2.04. The Bertz CT molecular complexity index is 493. The van der Waals surface area contributed by atoms with Crippen molar-refractivity contribution in [1.29, 1.82) is 0 Å². The van der Waals surface area contributed by atoms with Crippen LogP contribution in [0.15, 0.2) is 18.2 Å². The van der Waals surface area contributed by atoms with Crippen LogP contribution in [0.5, 0.6) is 0 Å². The summed E-state index contributed by atoms with van der Waals surface area (Å²) in [6.07, 6.45) is 5.75. The largest absolute Gasteiger partial charge is 0.382 e. The quantitative estimate of drug-likeness (QED) is 0.768. The summed E-state index contributed by atoms with van der Waals surface area (Å²) in [4.78, 5) is 22.6. The van der Waals surface area contributed by atoms with Crippen molar-refractivity contribution in [3.63, 3.8) is 0 Å². The topological polar surface area (TPSA) is 98.2 Å². The fourth-order valence-corrected chi connectivity index (χ4v) is 2.50. The zero-order chi connectivity index (χ0) is 13.8. The molecule has 5 heteroatoms. The smallest absolute Gasteiger partial charge is 0.250 e. The molecule has 0 aromatic heterocycles. The van der Waals surface area contributed by atoms with Gasteiger partial charge in [0, 0.05) is 17.3 Å². The van der Waals surface area contributed by atoms with Crippen LogP contribution < -0.4 is 16.8 Å². The van der Waals surface area contributed by atoms with E-state index in [-0.39, 0.29) is 0 Å². The van der Waals surface area contributed by atoms with Gasteiger partial charge in [-0.2, -0.15) is 0 Å². The van der Waals surface area contributed by atoms with Crippen LogP contribution in [0.1, 0.15) is 52.8 Å². The Morgan fingerprint density at radius 2 is 1.74 bits per heavy atom.